The molecule has 0 bridgehead atoms. The van der Waals surface area contributed by atoms with Crippen LogP contribution in [-0.2, 0) is 4.79 Å². The zero-order valence-corrected chi connectivity index (χ0v) is 21.2. The number of rotatable bonds is 11. The molecule has 1 fully saturated rings. The molecule has 1 N–H and O–H groups in total. The Bertz CT molecular complexity index is 1190. The van der Waals surface area contributed by atoms with Crippen LogP contribution < -0.4 is 14.8 Å². The van der Waals surface area contributed by atoms with Gasteiger partial charge in [-0.05, 0) is 81.2 Å². The van der Waals surface area contributed by atoms with Gasteiger partial charge in [0.2, 0.25) is 0 Å². The van der Waals surface area contributed by atoms with Gasteiger partial charge in [0.25, 0.3) is 5.91 Å². The molecule has 3 aromatic carbocycles. The third-order valence-electron chi connectivity index (χ3n) is 6.14. The maximum absolute atomic E-state index is 12.9. The molecular weight excluding hydrogens is 476 g/mol. The van der Waals surface area contributed by atoms with Crippen molar-refractivity contribution in [2.24, 2.45) is 0 Å². The lowest BCUT2D eigenvalue weighted by Gasteiger charge is -2.15. The first-order valence-corrected chi connectivity index (χ1v) is 12.6. The van der Waals surface area contributed by atoms with Crippen molar-refractivity contribution in [2.75, 3.05) is 38.2 Å². The number of aryl methyl sites for hydroxylation is 1. The average Bonchev–Trinajstić information content (AvgIpc) is 3.41. The Morgan fingerprint density at radius 1 is 0.972 bits per heavy atom. The molecule has 3 aromatic rings. The minimum atomic E-state index is -0.328. The van der Waals surface area contributed by atoms with Gasteiger partial charge in [0.05, 0.1) is 12.2 Å². The van der Waals surface area contributed by atoms with Gasteiger partial charge in [0.1, 0.15) is 11.5 Å². The quantitative estimate of drug-likeness (QED) is 0.264. The van der Waals surface area contributed by atoms with Crippen molar-refractivity contribution in [3.63, 3.8) is 0 Å². The van der Waals surface area contributed by atoms with Gasteiger partial charge in [-0.15, -0.1) is 0 Å². The van der Waals surface area contributed by atoms with Gasteiger partial charge in [-0.25, -0.2) is 0 Å². The molecule has 0 saturated carbocycles. The number of benzene rings is 3. The van der Waals surface area contributed by atoms with Gasteiger partial charge < -0.3 is 19.7 Å². The first kappa shape index (κ1) is 25.7. The van der Waals surface area contributed by atoms with Crippen molar-refractivity contribution in [3.05, 3.63) is 88.4 Å². The van der Waals surface area contributed by atoms with Crippen molar-refractivity contribution in [1.29, 1.82) is 0 Å². The number of hydrogen-bond donors (Lipinski definition) is 1. The van der Waals surface area contributed by atoms with Crippen molar-refractivity contribution >= 4 is 29.0 Å². The lowest BCUT2D eigenvalue weighted by Crippen LogP contribution is -2.22. The third-order valence-corrected chi connectivity index (χ3v) is 6.37. The maximum Gasteiger partial charge on any atom is 0.262 e. The second-order valence-electron chi connectivity index (χ2n) is 8.90. The molecule has 7 heteroatoms. The van der Waals surface area contributed by atoms with Crippen LogP contribution in [0.5, 0.6) is 11.5 Å². The molecule has 1 amide bonds. The molecule has 0 spiro atoms. The number of ether oxygens (including phenoxy) is 2. The van der Waals surface area contributed by atoms with Crippen LogP contribution in [-0.4, -0.2) is 49.4 Å². The van der Waals surface area contributed by atoms with E-state index in [4.69, 9.17) is 21.1 Å². The second-order valence-corrected chi connectivity index (χ2v) is 9.34. The number of anilines is 1. The smallest absolute Gasteiger partial charge is 0.262 e. The van der Waals surface area contributed by atoms with Crippen LogP contribution in [0.15, 0.2) is 66.7 Å². The molecule has 1 aliphatic rings. The Morgan fingerprint density at radius 3 is 2.50 bits per heavy atom. The topological polar surface area (TPSA) is 67.9 Å². The van der Waals surface area contributed by atoms with E-state index < -0.39 is 0 Å². The predicted octanol–water partition coefficient (Wildman–Crippen LogP) is 5.76. The summed E-state index contributed by atoms with van der Waals surface area (Å²) < 4.78 is 11.6. The third kappa shape index (κ3) is 7.09. The van der Waals surface area contributed by atoms with Crippen LogP contribution >= 0.6 is 11.6 Å². The molecule has 188 valence electrons. The maximum atomic E-state index is 12.9. The van der Waals surface area contributed by atoms with Crippen LogP contribution in [0.3, 0.4) is 0 Å². The van der Waals surface area contributed by atoms with Crippen LogP contribution in [0.4, 0.5) is 5.69 Å². The summed E-state index contributed by atoms with van der Waals surface area (Å²) in [6, 6.07) is 19.3. The Balaban J connectivity index is 1.30. The fraction of sp³-hybridized carbons (Fsp3) is 0.310. The molecule has 0 aromatic heterocycles. The van der Waals surface area contributed by atoms with E-state index in [2.05, 4.69) is 10.2 Å². The summed E-state index contributed by atoms with van der Waals surface area (Å²) in [5, 5.41) is 3.28. The van der Waals surface area contributed by atoms with E-state index in [0.717, 1.165) is 24.3 Å². The second kappa shape index (κ2) is 12.6. The number of amides is 1. The van der Waals surface area contributed by atoms with Gasteiger partial charge in [-0.1, -0.05) is 41.9 Å². The fourth-order valence-corrected chi connectivity index (χ4v) is 4.40. The first-order valence-electron chi connectivity index (χ1n) is 12.3. The zero-order valence-electron chi connectivity index (χ0n) is 20.5. The molecule has 1 saturated heterocycles. The molecule has 36 heavy (non-hydrogen) atoms. The Morgan fingerprint density at radius 2 is 1.75 bits per heavy atom. The molecule has 0 aliphatic carbocycles. The number of likely N-dealkylation sites (tertiary alicyclic amines) is 1. The Kier molecular flexibility index (Phi) is 8.98. The van der Waals surface area contributed by atoms with Crippen LogP contribution in [0.1, 0.15) is 40.7 Å². The Hall–Kier alpha value is -3.35. The summed E-state index contributed by atoms with van der Waals surface area (Å²) in [5.74, 6) is 0.539. The molecule has 1 aliphatic heterocycles. The molecule has 6 nitrogen and oxygen atoms in total. The molecular formula is C29H31ClN2O4. The molecule has 0 unspecified atom stereocenters. The highest BCUT2D eigenvalue weighted by Crippen LogP contribution is 2.26. The van der Waals surface area contributed by atoms with E-state index in [1.54, 1.807) is 42.5 Å². The van der Waals surface area contributed by atoms with Gasteiger partial charge in [0, 0.05) is 22.8 Å². The standard InChI is InChI=1S/C29H31ClN2O4/c1-21-18-24(35-17-7-16-32-14-5-6-15-32)11-12-26(21)31-28(33)20-36-27-13-10-23(30)19-25(27)29(34)22-8-3-2-4-9-22/h2-4,8-13,18-19H,5-7,14-17,20H2,1H3,(H,31,33). The van der Waals surface area contributed by atoms with Gasteiger partial charge >= 0.3 is 0 Å². The highest BCUT2D eigenvalue weighted by molar-refractivity contribution is 6.31. The zero-order chi connectivity index (χ0) is 25.3. The van der Waals surface area contributed by atoms with E-state index in [1.165, 1.54) is 25.9 Å². The monoisotopic (exact) mass is 506 g/mol. The molecule has 0 atom stereocenters. The SMILES string of the molecule is Cc1cc(OCCCN2CCCC2)ccc1NC(=O)COc1ccc(Cl)cc1C(=O)c1ccccc1. The van der Waals surface area contributed by atoms with E-state index in [0.29, 0.717) is 34.2 Å². The van der Waals surface area contributed by atoms with Crippen molar-refractivity contribution < 1.29 is 19.1 Å². The average molecular weight is 507 g/mol. The number of hydrogen-bond acceptors (Lipinski definition) is 5. The number of carbonyl (C=O) groups is 2. The summed E-state index contributed by atoms with van der Waals surface area (Å²) >= 11 is 6.12. The van der Waals surface area contributed by atoms with E-state index in [-0.39, 0.29) is 18.3 Å². The van der Waals surface area contributed by atoms with Crippen molar-refractivity contribution in [2.45, 2.75) is 26.2 Å². The van der Waals surface area contributed by atoms with Gasteiger partial charge in [0.15, 0.2) is 12.4 Å². The largest absolute Gasteiger partial charge is 0.494 e. The number of ketones is 1. The summed E-state index contributed by atoms with van der Waals surface area (Å²) in [6.07, 6.45) is 3.59. The van der Waals surface area contributed by atoms with Gasteiger partial charge in [-0.3, -0.25) is 9.59 Å². The summed E-state index contributed by atoms with van der Waals surface area (Å²) in [6.45, 7) is 5.80. The minimum absolute atomic E-state index is 0.222. The predicted molar refractivity (Wildman–Crippen MR) is 142 cm³/mol. The number of carbonyl (C=O) groups excluding carboxylic acids is 2. The normalized spacial score (nSPS) is 13.4. The summed E-state index contributed by atoms with van der Waals surface area (Å²) in [4.78, 5) is 28.0. The number of nitrogens with one attached hydrogen (secondary N) is 1. The van der Waals surface area contributed by atoms with Gasteiger partial charge in [-0.2, -0.15) is 0 Å². The summed E-state index contributed by atoms with van der Waals surface area (Å²) in [7, 11) is 0. The fourth-order valence-electron chi connectivity index (χ4n) is 4.23. The minimum Gasteiger partial charge on any atom is -0.494 e. The molecule has 4 rings (SSSR count). The van der Waals surface area contributed by atoms with E-state index >= 15 is 0 Å². The van der Waals surface area contributed by atoms with E-state index in [9.17, 15) is 9.59 Å². The van der Waals surface area contributed by atoms with Crippen LogP contribution in [0, 0.1) is 6.92 Å². The van der Waals surface area contributed by atoms with Crippen LogP contribution in [0.25, 0.3) is 0 Å². The van der Waals surface area contributed by atoms with Crippen LogP contribution in [0.2, 0.25) is 5.02 Å². The highest BCUT2D eigenvalue weighted by atomic mass is 35.5. The van der Waals surface area contributed by atoms with Crippen molar-refractivity contribution in [3.8, 4) is 11.5 Å². The first-order chi connectivity index (χ1) is 17.5. The highest BCUT2D eigenvalue weighted by Gasteiger charge is 2.17. The van der Waals surface area contributed by atoms with Crippen molar-refractivity contribution in [1.82, 2.24) is 4.90 Å². The summed E-state index contributed by atoms with van der Waals surface area (Å²) in [5.41, 5.74) is 2.41. The molecule has 1 heterocycles. The number of halogens is 1. The Labute approximate surface area is 217 Å². The number of nitrogens with zero attached hydrogens (tertiary/aromatic N) is 1. The molecule has 0 radical (unpaired) electrons. The van der Waals surface area contributed by atoms with E-state index in [1.807, 2.05) is 31.2 Å². The lowest BCUT2D eigenvalue weighted by atomic mass is 10.0. The lowest BCUT2D eigenvalue weighted by molar-refractivity contribution is -0.118.